The summed E-state index contributed by atoms with van der Waals surface area (Å²) in [4.78, 5) is 39.3. The van der Waals surface area contributed by atoms with Crippen molar-refractivity contribution in [3.05, 3.63) is 52.1 Å². The summed E-state index contributed by atoms with van der Waals surface area (Å²) < 4.78 is 58.5. The smallest absolute Gasteiger partial charge is 0.354 e. The van der Waals surface area contributed by atoms with E-state index in [1.165, 1.54) is 23.7 Å². The van der Waals surface area contributed by atoms with Gasteiger partial charge >= 0.3 is 6.18 Å². The van der Waals surface area contributed by atoms with E-state index in [0.717, 1.165) is 12.1 Å². The molecule has 7 nitrogen and oxygen atoms in total. The molecule has 12 heteroatoms. The van der Waals surface area contributed by atoms with Crippen LogP contribution in [0, 0.1) is 28.5 Å². The maximum atomic E-state index is 14.3. The summed E-state index contributed by atoms with van der Waals surface area (Å²) >= 11 is 6.37. The molecule has 3 atom stereocenters. The number of rotatable bonds is 4. The van der Waals surface area contributed by atoms with E-state index in [4.69, 9.17) is 11.6 Å². The van der Waals surface area contributed by atoms with Crippen LogP contribution >= 0.6 is 11.6 Å². The third-order valence-corrected chi connectivity index (χ3v) is 9.48. The molecule has 3 unspecified atom stereocenters. The number of nitrogens with zero attached hydrogens (tertiary/aromatic N) is 1. The molecule has 4 fully saturated rings. The molecule has 3 N–H and O–H groups in total. The van der Waals surface area contributed by atoms with Crippen molar-refractivity contribution in [3.8, 4) is 0 Å². The van der Waals surface area contributed by atoms with Gasteiger partial charge in [-0.05, 0) is 74.6 Å². The number of amides is 3. The molecule has 5 aliphatic rings. The minimum absolute atomic E-state index is 0.0522. The lowest BCUT2D eigenvalue weighted by Crippen LogP contribution is -2.60. The standard InChI is InChI=1S/C27H27ClF4N4O3/c1-33-23(38)19-6-18(22-21(35-20(37)11-36(19)22)16-5-15(29)2-3-17(16)28)34-24(39)25-7-13-4-14(8-25)10-26(9-13,12-25)27(30,31)32/h2-3,5-6,13-14,21H,4,7-12H2,1H3,(H,33,38)(H,34,39)(H,35,37). The Kier molecular flexibility index (Phi) is 5.84. The second-order valence-corrected chi connectivity index (χ2v) is 12.0. The zero-order chi connectivity index (χ0) is 27.9. The van der Waals surface area contributed by atoms with Gasteiger partial charge in [-0.15, -0.1) is 0 Å². The fraction of sp³-hybridized carbons (Fsp3) is 0.519. The number of nitrogens with one attached hydrogen (secondary N) is 3. The summed E-state index contributed by atoms with van der Waals surface area (Å²) in [6.45, 7) is -0.246. The van der Waals surface area contributed by atoms with Crippen LogP contribution in [0.2, 0.25) is 5.02 Å². The number of alkyl halides is 3. The van der Waals surface area contributed by atoms with Crippen LogP contribution < -0.4 is 16.0 Å². The lowest BCUT2D eigenvalue weighted by Gasteiger charge is -2.61. The highest BCUT2D eigenvalue weighted by molar-refractivity contribution is 6.31. The van der Waals surface area contributed by atoms with Gasteiger partial charge in [0.15, 0.2) is 0 Å². The highest BCUT2D eigenvalue weighted by atomic mass is 35.5. The van der Waals surface area contributed by atoms with Crippen molar-refractivity contribution in [1.82, 2.24) is 15.2 Å². The molecule has 1 aliphatic heterocycles. The lowest BCUT2D eigenvalue weighted by molar-refractivity contribution is -0.283. The van der Waals surface area contributed by atoms with Gasteiger partial charge in [-0.25, -0.2) is 4.39 Å². The van der Waals surface area contributed by atoms with E-state index in [2.05, 4.69) is 16.0 Å². The molecule has 4 saturated carbocycles. The van der Waals surface area contributed by atoms with Crippen LogP contribution in [0.4, 0.5) is 23.2 Å². The van der Waals surface area contributed by atoms with Crippen molar-refractivity contribution in [2.45, 2.75) is 57.3 Å². The van der Waals surface area contributed by atoms with E-state index in [1.807, 2.05) is 0 Å². The van der Waals surface area contributed by atoms with Crippen LogP contribution in [-0.2, 0) is 16.1 Å². The van der Waals surface area contributed by atoms with E-state index in [-0.39, 0.29) is 59.6 Å². The first-order valence-corrected chi connectivity index (χ1v) is 13.3. The average Bonchev–Trinajstić information content (AvgIpc) is 3.21. The van der Waals surface area contributed by atoms with Crippen LogP contribution in [0.1, 0.15) is 66.3 Å². The number of anilines is 1. The van der Waals surface area contributed by atoms with Crippen molar-refractivity contribution >= 4 is 35.0 Å². The Bertz CT molecular complexity index is 1390. The fourth-order valence-corrected chi connectivity index (χ4v) is 8.18. The molecule has 208 valence electrons. The predicted octanol–water partition coefficient (Wildman–Crippen LogP) is 4.95. The first-order chi connectivity index (χ1) is 18.3. The number of fused-ring (bicyclic) bond motifs is 1. The number of hydrogen-bond donors (Lipinski definition) is 3. The van der Waals surface area contributed by atoms with Crippen molar-refractivity contribution in [3.63, 3.8) is 0 Å². The molecule has 0 spiro atoms. The molecule has 1 aromatic heterocycles. The van der Waals surface area contributed by atoms with Crippen LogP contribution in [0.3, 0.4) is 0 Å². The van der Waals surface area contributed by atoms with Gasteiger partial charge in [0.1, 0.15) is 18.1 Å². The van der Waals surface area contributed by atoms with Gasteiger partial charge in [-0.1, -0.05) is 11.6 Å². The molecule has 39 heavy (non-hydrogen) atoms. The maximum Gasteiger partial charge on any atom is 0.394 e. The third kappa shape index (κ3) is 4.03. The zero-order valence-corrected chi connectivity index (χ0v) is 21.8. The molecule has 2 aromatic rings. The first kappa shape index (κ1) is 26.2. The molecule has 7 rings (SSSR count). The lowest BCUT2D eigenvalue weighted by atomic mass is 9.43. The Morgan fingerprint density at radius 3 is 2.46 bits per heavy atom. The van der Waals surface area contributed by atoms with E-state index in [0.29, 0.717) is 25.0 Å². The van der Waals surface area contributed by atoms with Gasteiger partial charge in [0, 0.05) is 17.6 Å². The molecular formula is C27H27ClF4N4O3. The minimum Gasteiger partial charge on any atom is -0.354 e. The summed E-state index contributed by atoms with van der Waals surface area (Å²) in [5.74, 6) is -2.47. The van der Waals surface area contributed by atoms with Gasteiger partial charge < -0.3 is 20.5 Å². The normalized spacial score (nSPS) is 31.0. The number of carbonyl (C=O) groups excluding carboxylic acids is 3. The summed E-state index contributed by atoms with van der Waals surface area (Å²) in [5.41, 5.74) is -2.30. The number of aromatic nitrogens is 1. The third-order valence-electron chi connectivity index (χ3n) is 9.14. The SMILES string of the molecule is CNC(=O)c1cc(NC(=O)C23CC4CC(C2)CC(C(F)(F)F)(C4)C3)c2n1CC(=O)NC2c1cc(F)ccc1Cl. The fourth-order valence-electron chi connectivity index (χ4n) is 7.96. The van der Waals surface area contributed by atoms with Gasteiger partial charge in [0.25, 0.3) is 5.91 Å². The van der Waals surface area contributed by atoms with Gasteiger partial charge in [0.2, 0.25) is 11.8 Å². The minimum atomic E-state index is -4.40. The van der Waals surface area contributed by atoms with E-state index in [9.17, 15) is 31.9 Å². The van der Waals surface area contributed by atoms with Crippen molar-refractivity contribution in [1.29, 1.82) is 0 Å². The van der Waals surface area contributed by atoms with E-state index < -0.39 is 46.6 Å². The largest absolute Gasteiger partial charge is 0.394 e. The summed E-state index contributed by atoms with van der Waals surface area (Å²) in [5, 5.41) is 8.27. The molecule has 2 heterocycles. The predicted molar refractivity (Wildman–Crippen MR) is 133 cm³/mol. The highest BCUT2D eigenvalue weighted by Gasteiger charge is 2.69. The van der Waals surface area contributed by atoms with Crippen LogP contribution in [0.15, 0.2) is 24.3 Å². The quantitative estimate of drug-likeness (QED) is 0.458. The number of halogens is 5. The molecular weight excluding hydrogens is 540 g/mol. The molecule has 3 amide bonds. The van der Waals surface area contributed by atoms with Crippen LogP contribution in [-0.4, -0.2) is 35.5 Å². The summed E-state index contributed by atoms with van der Waals surface area (Å²) in [6, 6.07) is 4.06. The molecule has 0 radical (unpaired) electrons. The van der Waals surface area contributed by atoms with Gasteiger partial charge in [-0.2, -0.15) is 13.2 Å². The van der Waals surface area contributed by atoms with Crippen LogP contribution in [0.5, 0.6) is 0 Å². The number of carbonyl (C=O) groups is 3. The Balaban J connectivity index is 1.43. The van der Waals surface area contributed by atoms with Crippen molar-refractivity contribution in [2.24, 2.45) is 22.7 Å². The molecule has 1 aromatic carbocycles. The Morgan fingerprint density at radius 2 is 1.82 bits per heavy atom. The number of hydrogen-bond acceptors (Lipinski definition) is 3. The maximum absolute atomic E-state index is 14.3. The monoisotopic (exact) mass is 566 g/mol. The topological polar surface area (TPSA) is 92.2 Å². The molecule has 4 aliphatic carbocycles. The van der Waals surface area contributed by atoms with Gasteiger partial charge in [-0.3, -0.25) is 14.4 Å². The van der Waals surface area contributed by atoms with E-state index >= 15 is 0 Å². The second-order valence-electron chi connectivity index (χ2n) is 11.6. The Labute approximate surface area is 226 Å². The molecule has 4 bridgehead atoms. The van der Waals surface area contributed by atoms with Crippen LogP contribution in [0.25, 0.3) is 0 Å². The Morgan fingerprint density at radius 1 is 1.13 bits per heavy atom. The highest BCUT2D eigenvalue weighted by Crippen LogP contribution is 2.69. The number of benzene rings is 1. The first-order valence-electron chi connectivity index (χ1n) is 12.9. The summed E-state index contributed by atoms with van der Waals surface area (Å²) in [6.07, 6.45) is -3.12. The van der Waals surface area contributed by atoms with Crippen molar-refractivity contribution in [2.75, 3.05) is 12.4 Å². The summed E-state index contributed by atoms with van der Waals surface area (Å²) in [7, 11) is 1.41. The Hall–Kier alpha value is -3.08. The van der Waals surface area contributed by atoms with Gasteiger partial charge in [0.05, 0.1) is 28.3 Å². The van der Waals surface area contributed by atoms with E-state index in [1.54, 1.807) is 0 Å². The van der Waals surface area contributed by atoms with Crippen molar-refractivity contribution < 1.29 is 31.9 Å². The average molecular weight is 567 g/mol. The molecule has 0 saturated heterocycles. The zero-order valence-electron chi connectivity index (χ0n) is 21.1. The second kappa shape index (κ2) is 8.71.